The van der Waals surface area contributed by atoms with Gasteiger partial charge in [0.1, 0.15) is 12.6 Å². The molecule has 0 fully saturated rings. The van der Waals surface area contributed by atoms with Gasteiger partial charge in [0.05, 0.1) is 0 Å². The van der Waals surface area contributed by atoms with Gasteiger partial charge in [-0.15, -0.1) is 0 Å². The molecule has 0 aliphatic heterocycles. The summed E-state index contributed by atoms with van der Waals surface area (Å²) in [5.74, 6) is -1.17. The van der Waals surface area contributed by atoms with E-state index in [0.29, 0.717) is 0 Å². The highest BCUT2D eigenvalue weighted by atomic mass is 16.5. The topological polar surface area (TPSA) is 75.6 Å². The Labute approximate surface area is 211 Å². The summed E-state index contributed by atoms with van der Waals surface area (Å²) in [6.45, 7) is 2.29. The molecular formula is C31H29NO4. The van der Waals surface area contributed by atoms with Gasteiger partial charge in [-0.05, 0) is 58.7 Å². The molecule has 5 heteroatoms. The molecule has 0 bridgehead atoms. The maximum Gasteiger partial charge on any atom is 0.407 e. The van der Waals surface area contributed by atoms with E-state index in [2.05, 4.69) is 36.5 Å². The molecule has 0 heterocycles. The fourth-order valence-corrected chi connectivity index (χ4v) is 5.16. The Hall–Kier alpha value is -4.12. The first-order valence-corrected chi connectivity index (χ1v) is 12.3. The fraction of sp³-hybridized carbons (Fsp3) is 0.226. The molecule has 5 nitrogen and oxygen atoms in total. The van der Waals surface area contributed by atoms with E-state index in [-0.39, 0.29) is 18.9 Å². The van der Waals surface area contributed by atoms with Gasteiger partial charge in [0, 0.05) is 12.3 Å². The first-order valence-electron chi connectivity index (χ1n) is 12.3. The SMILES string of the molecule is CC1=C(c2ccc(CC(NC(=O)OCC3c4ccccc4-c4ccccc43)C(=O)O)cc2)C=CCC1. The predicted octanol–water partition coefficient (Wildman–Crippen LogP) is 6.34. The smallest absolute Gasteiger partial charge is 0.407 e. The maximum absolute atomic E-state index is 12.6. The molecule has 2 aliphatic rings. The molecule has 2 aliphatic carbocycles. The number of amides is 1. The third-order valence-electron chi connectivity index (χ3n) is 7.07. The monoisotopic (exact) mass is 479 g/mol. The number of hydrogen-bond acceptors (Lipinski definition) is 3. The zero-order chi connectivity index (χ0) is 25.1. The second-order valence-electron chi connectivity index (χ2n) is 9.40. The van der Waals surface area contributed by atoms with Crippen LogP contribution < -0.4 is 5.32 Å². The molecule has 0 aromatic heterocycles. The Balaban J connectivity index is 1.23. The Morgan fingerprint density at radius 1 is 0.972 bits per heavy atom. The van der Waals surface area contributed by atoms with Crippen molar-refractivity contribution in [2.75, 3.05) is 6.61 Å². The van der Waals surface area contributed by atoms with Crippen LogP contribution in [0.25, 0.3) is 16.7 Å². The average molecular weight is 480 g/mol. The summed E-state index contributed by atoms with van der Waals surface area (Å²) in [7, 11) is 0. The molecule has 1 atom stereocenters. The van der Waals surface area contributed by atoms with Gasteiger partial charge in [0.2, 0.25) is 0 Å². The number of carbonyl (C=O) groups is 2. The zero-order valence-corrected chi connectivity index (χ0v) is 20.2. The summed E-state index contributed by atoms with van der Waals surface area (Å²) in [6, 6.07) is 23.0. The number of carboxylic acid groups (broad SMARTS) is 1. The van der Waals surface area contributed by atoms with Crippen LogP contribution in [0, 0.1) is 0 Å². The van der Waals surface area contributed by atoms with Gasteiger partial charge >= 0.3 is 12.1 Å². The summed E-state index contributed by atoms with van der Waals surface area (Å²) >= 11 is 0. The van der Waals surface area contributed by atoms with Gasteiger partial charge in [-0.2, -0.15) is 0 Å². The standard InChI is InChI=1S/C31H29NO4/c1-20-8-2-3-9-23(20)22-16-14-21(15-17-22)18-29(30(33)34)32-31(35)36-19-28-26-12-6-4-10-24(26)25-11-5-7-13-27(25)28/h3-7,9-17,28-29H,2,8,18-19H2,1H3,(H,32,35)(H,33,34). The minimum atomic E-state index is -1.10. The average Bonchev–Trinajstić information content (AvgIpc) is 3.21. The van der Waals surface area contributed by atoms with Gasteiger partial charge in [0.25, 0.3) is 0 Å². The van der Waals surface area contributed by atoms with Gasteiger partial charge in [0.15, 0.2) is 0 Å². The van der Waals surface area contributed by atoms with Crippen molar-refractivity contribution < 1.29 is 19.4 Å². The molecule has 3 aromatic carbocycles. The first-order chi connectivity index (χ1) is 17.5. The second-order valence-corrected chi connectivity index (χ2v) is 9.40. The van der Waals surface area contributed by atoms with Crippen molar-refractivity contribution in [2.45, 2.75) is 38.1 Å². The van der Waals surface area contributed by atoms with Crippen LogP contribution in [-0.4, -0.2) is 29.8 Å². The highest BCUT2D eigenvalue weighted by Gasteiger charge is 2.29. The van der Waals surface area contributed by atoms with Crippen molar-refractivity contribution >= 4 is 17.6 Å². The largest absolute Gasteiger partial charge is 0.480 e. The van der Waals surface area contributed by atoms with Crippen molar-refractivity contribution in [1.29, 1.82) is 0 Å². The molecule has 0 radical (unpaired) electrons. The molecule has 2 N–H and O–H groups in total. The number of hydrogen-bond donors (Lipinski definition) is 2. The van der Waals surface area contributed by atoms with Crippen LogP contribution in [0.5, 0.6) is 0 Å². The minimum absolute atomic E-state index is 0.0782. The van der Waals surface area contributed by atoms with E-state index in [1.807, 2.05) is 60.7 Å². The Bertz CT molecular complexity index is 1310. The van der Waals surface area contributed by atoms with Crippen LogP contribution in [0.3, 0.4) is 0 Å². The molecule has 1 amide bonds. The normalized spacial score (nSPS) is 15.2. The summed E-state index contributed by atoms with van der Waals surface area (Å²) in [4.78, 5) is 24.5. The number of nitrogens with one attached hydrogen (secondary N) is 1. The fourth-order valence-electron chi connectivity index (χ4n) is 5.16. The number of benzene rings is 3. The van der Waals surface area contributed by atoms with Gasteiger partial charge < -0.3 is 15.2 Å². The highest BCUT2D eigenvalue weighted by molar-refractivity contribution is 5.81. The number of aliphatic carboxylic acids is 1. The third kappa shape index (κ3) is 4.82. The predicted molar refractivity (Wildman–Crippen MR) is 141 cm³/mol. The number of rotatable bonds is 7. The van der Waals surface area contributed by atoms with E-state index in [0.717, 1.165) is 46.2 Å². The summed E-state index contributed by atoms with van der Waals surface area (Å²) in [5, 5.41) is 12.3. The molecule has 182 valence electrons. The van der Waals surface area contributed by atoms with E-state index in [9.17, 15) is 14.7 Å². The zero-order valence-electron chi connectivity index (χ0n) is 20.2. The van der Waals surface area contributed by atoms with Gasteiger partial charge in [-0.1, -0.05) is 90.5 Å². The van der Waals surface area contributed by atoms with E-state index in [4.69, 9.17) is 4.74 Å². The molecular weight excluding hydrogens is 450 g/mol. The number of carbonyl (C=O) groups excluding carboxylic acids is 1. The Morgan fingerprint density at radius 2 is 1.61 bits per heavy atom. The third-order valence-corrected chi connectivity index (χ3v) is 7.07. The first kappa shape index (κ1) is 23.6. The molecule has 36 heavy (non-hydrogen) atoms. The van der Waals surface area contributed by atoms with Crippen molar-refractivity contribution in [2.24, 2.45) is 0 Å². The van der Waals surface area contributed by atoms with Gasteiger partial charge in [-0.3, -0.25) is 0 Å². The van der Waals surface area contributed by atoms with Crippen LogP contribution >= 0.6 is 0 Å². The number of fused-ring (bicyclic) bond motifs is 3. The lowest BCUT2D eigenvalue weighted by Crippen LogP contribution is -2.42. The molecule has 5 rings (SSSR count). The summed E-state index contributed by atoms with van der Waals surface area (Å²) in [6.07, 6.45) is 5.89. The van der Waals surface area contributed by atoms with Crippen molar-refractivity contribution in [3.63, 3.8) is 0 Å². The lowest BCUT2D eigenvalue weighted by Gasteiger charge is -2.18. The highest BCUT2D eigenvalue weighted by Crippen LogP contribution is 2.44. The van der Waals surface area contributed by atoms with Crippen LogP contribution in [0.15, 0.2) is 90.5 Å². The van der Waals surface area contributed by atoms with Crippen molar-refractivity contribution in [3.05, 3.63) is 113 Å². The number of alkyl carbamates (subject to hydrolysis) is 1. The summed E-state index contributed by atoms with van der Waals surface area (Å²) in [5.41, 5.74) is 9.03. The van der Waals surface area contributed by atoms with E-state index >= 15 is 0 Å². The maximum atomic E-state index is 12.6. The van der Waals surface area contributed by atoms with Crippen LogP contribution in [0.2, 0.25) is 0 Å². The quantitative estimate of drug-likeness (QED) is 0.414. The van der Waals surface area contributed by atoms with E-state index in [1.165, 1.54) is 11.1 Å². The van der Waals surface area contributed by atoms with Crippen LogP contribution in [-0.2, 0) is 16.0 Å². The second kappa shape index (κ2) is 10.2. The lowest BCUT2D eigenvalue weighted by molar-refractivity contribution is -0.139. The molecule has 1 unspecified atom stereocenters. The molecule has 0 saturated heterocycles. The molecule has 0 saturated carbocycles. The van der Waals surface area contributed by atoms with Gasteiger partial charge in [-0.25, -0.2) is 9.59 Å². The van der Waals surface area contributed by atoms with E-state index < -0.39 is 18.1 Å². The van der Waals surface area contributed by atoms with Crippen LogP contribution in [0.4, 0.5) is 4.79 Å². The summed E-state index contributed by atoms with van der Waals surface area (Å²) < 4.78 is 5.54. The Morgan fingerprint density at radius 3 is 2.22 bits per heavy atom. The molecule has 0 spiro atoms. The van der Waals surface area contributed by atoms with Crippen LogP contribution in [0.1, 0.15) is 47.9 Å². The minimum Gasteiger partial charge on any atom is -0.480 e. The Kier molecular flexibility index (Phi) is 6.72. The number of ether oxygens (including phenoxy) is 1. The van der Waals surface area contributed by atoms with Crippen molar-refractivity contribution in [3.8, 4) is 11.1 Å². The molecule has 3 aromatic rings. The lowest BCUT2D eigenvalue weighted by atomic mass is 9.92. The van der Waals surface area contributed by atoms with Crippen molar-refractivity contribution in [1.82, 2.24) is 5.32 Å². The van der Waals surface area contributed by atoms with E-state index in [1.54, 1.807) is 0 Å². The number of allylic oxidation sites excluding steroid dienone is 4. The number of carboxylic acids is 1.